The smallest absolute Gasteiger partial charge is 0.356 e. The lowest BCUT2D eigenvalue weighted by Crippen LogP contribution is -2.32. The van der Waals surface area contributed by atoms with Gasteiger partial charge in [0.25, 0.3) is 21.3 Å². The van der Waals surface area contributed by atoms with Gasteiger partial charge in [-0.3, -0.25) is 19.7 Å². The Labute approximate surface area is 275 Å². The Kier molecular flexibility index (Phi) is 7.13. The first-order valence-electron chi connectivity index (χ1n) is 15.3. The summed E-state index contributed by atoms with van der Waals surface area (Å²) >= 11 is 0. The molecule has 0 unspecified atom stereocenters. The van der Waals surface area contributed by atoms with E-state index in [0.29, 0.717) is 23.2 Å². The number of non-ortho nitro benzene ring substituents is 1. The van der Waals surface area contributed by atoms with Crippen LogP contribution in [0.25, 0.3) is 10.9 Å². The highest BCUT2D eigenvalue weighted by Gasteiger charge is 2.67. The highest BCUT2D eigenvalue weighted by Crippen LogP contribution is 2.67. The largest absolute Gasteiger partial charge is 0.461 e. The summed E-state index contributed by atoms with van der Waals surface area (Å²) in [6.45, 7) is 3.58. The van der Waals surface area contributed by atoms with Crippen molar-refractivity contribution in [1.29, 1.82) is 0 Å². The Bertz CT molecular complexity index is 2340. The van der Waals surface area contributed by atoms with E-state index in [9.17, 15) is 32.9 Å². The molecule has 0 radical (unpaired) electrons. The van der Waals surface area contributed by atoms with Crippen molar-refractivity contribution in [1.82, 2.24) is 8.54 Å². The summed E-state index contributed by atoms with van der Waals surface area (Å²) in [6.07, 6.45) is 1.99. The van der Waals surface area contributed by atoms with Crippen LogP contribution in [-0.2, 0) is 38.6 Å². The van der Waals surface area contributed by atoms with Crippen LogP contribution in [0.3, 0.4) is 0 Å². The molecule has 13 heteroatoms. The predicted octanol–water partition coefficient (Wildman–Crippen LogP) is 4.94. The average molecular weight is 667 g/mol. The molecule has 7 rings (SSSR count). The van der Waals surface area contributed by atoms with Gasteiger partial charge in [0.2, 0.25) is 5.91 Å². The number of rotatable bonds is 8. The van der Waals surface area contributed by atoms with E-state index in [4.69, 9.17) is 4.74 Å². The average Bonchev–Trinajstić information content (AvgIpc) is 3.61. The van der Waals surface area contributed by atoms with Gasteiger partial charge in [-0.05, 0) is 61.2 Å². The van der Waals surface area contributed by atoms with Crippen molar-refractivity contribution in [2.75, 3.05) is 11.5 Å². The Morgan fingerprint density at radius 1 is 1.04 bits per heavy atom. The lowest BCUT2D eigenvalue weighted by atomic mass is 9.91. The number of aryl methyl sites for hydroxylation is 2. The Morgan fingerprint density at radius 3 is 2.40 bits per heavy atom. The molecular weight excluding hydrogens is 636 g/mol. The third-order valence-electron chi connectivity index (χ3n) is 9.29. The molecule has 1 amide bonds. The van der Waals surface area contributed by atoms with Crippen LogP contribution in [0, 0.1) is 17.0 Å². The fourth-order valence-electron chi connectivity index (χ4n) is 6.90. The summed E-state index contributed by atoms with van der Waals surface area (Å²) in [5.74, 6) is -1.53. The summed E-state index contributed by atoms with van der Waals surface area (Å²) in [4.78, 5) is 53.7. The molecule has 0 N–H and O–H groups in total. The van der Waals surface area contributed by atoms with Gasteiger partial charge in [-0.25, -0.2) is 17.2 Å². The molecule has 244 valence electrons. The topological polar surface area (TPSA) is 151 Å². The van der Waals surface area contributed by atoms with Crippen molar-refractivity contribution in [2.45, 2.75) is 43.0 Å². The second kappa shape index (κ2) is 11.0. The zero-order valence-electron chi connectivity index (χ0n) is 26.2. The standard InChI is InChI=1S/C35H30N4O8S/c1-4-47-33(41)30-17-25-26(20-36(3)32(40)31(25)38(30)48(45,46)24-15-9-21(2)10-16-24)28-18-35(28)27-7-5-6-8-29(27)37(34(35)42)19-22-11-13-23(14-12-22)39(43)44/h5-17,20,28H,4,18-19H2,1-3H3/t28-,35-/m0/s1. The minimum atomic E-state index is -4.45. The monoisotopic (exact) mass is 666 g/mol. The number of pyridine rings is 1. The molecule has 1 spiro atoms. The Hall–Kier alpha value is -5.56. The predicted molar refractivity (Wildman–Crippen MR) is 177 cm³/mol. The van der Waals surface area contributed by atoms with Crippen LogP contribution in [0.15, 0.2) is 94.7 Å². The molecule has 3 aromatic carbocycles. The fourth-order valence-corrected chi connectivity index (χ4v) is 8.39. The lowest BCUT2D eigenvalue weighted by Gasteiger charge is -2.18. The lowest BCUT2D eigenvalue weighted by molar-refractivity contribution is -0.384. The number of esters is 1. The van der Waals surface area contributed by atoms with Crippen LogP contribution >= 0.6 is 0 Å². The van der Waals surface area contributed by atoms with E-state index in [1.165, 1.54) is 41.9 Å². The number of ether oxygens (including phenoxy) is 1. The van der Waals surface area contributed by atoms with Gasteiger partial charge in [0.05, 0.1) is 28.4 Å². The number of hydrogen-bond donors (Lipinski definition) is 0. The van der Waals surface area contributed by atoms with E-state index >= 15 is 0 Å². The second-order valence-electron chi connectivity index (χ2n) is 12.2. The number of benzene rings is 3. The first-order chi connectivity index (χ1) is 22.9. The third-order valence-corrected chi connectivity index (χ3v) is 11.0. The summed E-state index contributed by atoms with van der Waals surface area (Å²) in [7, 11) is -2.94. The molecule has 1 aliphatic carbocycles. The molecule has 0 saturated heterocycles. The van der Waals surface area contributed by atoms with Crippen molar-refractivity contribution in [2.24, 2.45) is 7.05 Å². The number of para-hydroxylation sites is 1. The first-order valence-corrected chi connectivity index (χ1v) is 16.7. The zero-order chi connectivity index (χ0) is 34.1. The van der Waals surface area contributed by atoms with E-state index in [1.807, 2.05) is 31.2 Å². The van der Waals surface area contributed by atoms with Gasteiger partial charge in [0.1, 0.15) is 11.2 Å². The molecule has 12 nitrogen and oxygen atoms in total. The highest BCUT2D eigenvalue weighted by atomic mass is 32.2. The number of aromatic nitrogens is 2. The second-order valence-corrected chi connectivity index (χ2v) is 13.9. The van der Waals surface area contributed by atoms with Gasteiger partial charge in [-0.2, -0.15) is 0 Å². The SMILES string of the molecule is CCOC(=O)c1cc2c([C@@H]3C[C@@]34C(=O)N(Cc3ccc([N+](=O)[O-])cc3)c3ccccc34)cn(C)c(=O)c2n1S(=O)(=O)c1ccc(C)cc1. The van der Waals surface area contributed by atoms with Gasteiger partial charge in [0, 0.05) is 42.4 Å². The number of carbonyl (C=O) groups excluding carboxylic acids is 2. The normalized spacial score (nSPS) is 18.4. The maximum atomic E-state index is 14.4. The Morgan fingerprint density at radius 2 is 1.73 bits per heavy atom. The van der Waals surface area contributed by atoms with Crippen molar-refractivity contribution in [3.63, 3.8) is 0 Å². The molecule has 48 heavy (non-hydrogen) atoms. The van der Waals surface area contributed by atoms with Crippen LogP contribution in [0.2, 0.25) is 0 Å². The number of hydrogen-bond acceptors (Lipinski definition) is 8. The molecule has 1 fully saturated rings. The molecule has 2 atom stereocenters. The molecule has 2 aliphatic rings. The number of amides is 1. The van der Waals surface area contributed by atoms with E-state index in [0.717, 1.165) is 15.1 Å². The fraction of sp³-hybridized carbons (Fsp3) is 0.229. The van der Waals surface area contributed by atoms with E-state index in [-0.39, 0.29) is 46.2 Å². The van der Waals surface area contributed by atoms with Gasteiger partial charge in [0.15, 0.2) is 0 Å². The van der Waals surface area contributed by atoms with Crippen molar-refractivity contribution >= 4 is 44.2 Å². The van der Waals surface area contributed by atoms with E-state index < -0.39 is 37.8 Å². The van der Waals surface area contributed by atoms with Crippen LogP contribution in [0.1, 0.15) is 52.0 Å². The molecule has 1 saturated carbocycles. The van der Waals surface area contributed by atoms with Gasteiger partial charge < -0.3 is 14.2 Å². The molecule has 5 aromatic rings. The minimum absolute atomic E-state index is 0.0164. The quantitative estimate of drug-likeness (QED) is 0.128. The first kappa shape index (κ1) is 31.1. The molecule has 3 heterocycles. The molecule has 2 aromatic heterocycles. The van der Waals surface area contributed by atoms with Crippen LogP contribution in [-0.4, -0.2) is 40.4 Å². The Balaban J connectivity index is 1.38. The van der Waals surface area contributed by atoms with Crippen molar-refractivity contribution in [3.05, 3.63) is 133 Å². The number of nitrogens with zero attached hydrogens (tertiary/aromatic N) is 4. The maximum Gasteiger partial charge on any atom is 0.356 e. The summed E-state index contributed by atoms with van der Waals surface area (Å²) in [6, 6.07) is 20.9. The molecular formula is C35H30N4O8S. The molecule has 0 bridgehead atoms. The van der Waals surface area contributed by atoms with E-state index in [1.54, 1.807) is 42.3 Å². The number of nitro benzene ring substituents is 1. The van der Waals surface area contributed by atoms with E-state index in [2.05, 4.69) is 0 Å². The molecule has 1 aliphatic heterocycles. The van der Waals surface area contributed by atoms with Crippen LogP contribution < -0.4 is 10.5 Å². The number of anilines is 1. The minimum Gasteiger partial charge on any atom is -0.461 e. The summed E-state index contributed by atoms with van der Waals surface area (Å²) < 4.78 is 35.6. The maximum absolute atomic E-state index is 14.4. The number of fused-ring (bicyclic) bond motifs is 3. The van der Waals surface area contributed by atoms with Gasteiger partial charge in [-0.15, -0.1) is 0 Å². The number of nitro groups is 1. The summed E-state index contributed by atoms with van der Waals surface area (Å²) in [5, 5.41) is 11.4. The van der Waals surface area contributed by atoms with Gasteiger partial charge in [-0.1, -0.05) is 48.0 Å². The van der Waals surface area contributed by atoms with Gasteiger partial charge >= 0.3 is 5.97 Å². The summed E-state index contributed by atoms with van der Waals surface area (Å²) in [5.41, 5.74) is 1.39. The highest BCUT2D eigenvalue weighted by molar-refractivity contribution is 7.90. The zero-order valence-corrected chi connectivity index (χ0v) is 27.1. The van der Waals surface area contributed by atoms with Crippen molar-refractivity contribution < 1.29 is 27.7 Å². The third kappa shape index (κ3) is 4.56. The van der Waals surface area contributed by atoms with Crippen LogP contribution in [0.5, 0.6) is 0 Å². The van der Waals surface area contributed by atoms with Crippen LogP contribution in [0.4, 0.5) is 11.4 Å². The van der Waals surface area contributed by atoms with Crippen molar-refractivity contribution in [3.8, 4) is 0 Å². The number of carbonyl (C=O) groups is 2.